The van der Waals surface area contributed by atoms with E-state index in [1.54, 1.807) is 24.0 Å². The minimum atomic E-state index is -0.285. The van der Waals surface area contributed by atoms with Gasteiger partial charge in [-0.1, -0.05) is 30.3 Å². The lowest BCUT2D eigenvalue weighted by Crippen LogP contribution is -2.33. The van der Waals surface area contributed by atoms with Gasteiger partial charge in [0.15, 0.2) is 0 Å². The highest BCUT2D eigenvalue weighted by Crippen LogP contribution is 2.04. The zero-order valence-electron chi connectivity index (χ0n) is 14.6. The van der Waals surface area contributed by atoms with Gasteiger partial charge in [-0.15, -0.1) is 0 Å². The highest BCUT2D eigenvalue weighted by atomic mass is 16.5. The van der Waals surface area contributed by atoms with E-state index in [2.05, 4.69) is 0 Å². The van der Waals surface area contributed by atoms with Crippen molar-refractivity contribution in [3.05, 3.63) is 42.0 Å². The first kappa shape index (κ1) is 19.9. The fraction of sp³-hybridized carbons (Fsp3) is 0.474. The summed E-state index contributed by atoms with van der Waals surface area (Å²) in [6.07, 6.45) is 4.26. The van der Waals surface area contributed by atoms with Crippen molar-refractivity contribution in [1.82, 2.24) is 4.90 Å². The van der Waals surface area contributed by atoms with Crippen LogP contribution in [-0.4, -0.2) is 49.7 Å². The number of esters is 1. The van der Waals surface area contributed by atoms with Crippen LogP contribution in [0.15, 0.2) is 36.4 Å². The second-order valence-corrected chi connectivity index (χ2v) is 5.17. The van der Waals surface area contributed by atoms with Crippen LogP contribution in [0.5, 0.6) is 0 Å². The molecule has 1 amide bonds. The van der Waals surface area contributed by atoms with E-state index in [1.165, 1.54) is 0 Å². The van der Waals surface area contributed by atoms with Gasteiger partial charge in [-0.2, -0.15) is 0 Å². The number of hydrogen-bond donors (Lipinski definition) is 0. The van der Waals surface area contributed by atoms with Gasteiger partial charge in [0.25, 0.3) is 0 Å². The van der Waals surface area contributed by atoms with Gasteiger partial charge in [-0.05, 0) is 31.9 Å². The Hall–Kier alpha value is -2.14. The normalized spacial score (nSPS) is 10.8. The van der Waals surface area contributed by atoms with Crippen LogP contribution in [0, 0.1) is 0 Å². The number of benzene rings is 1. The van der Waals surface area contributed by atoms with Crippen molar-refractivity contribution in [1.29, 1.82) is 0 Å². The third-order valence-electron chi connectivity index (χ3n) is 3.34. The van der Waals surface area contributed by atoms with Gasteiger partial charge in [-0.3, -0.25) is 9.59 Å². The molecule has 0 aromatic heterocycles. The molecule has 24 heavy (non-hydrogen) atoms. The maximum absolute atomic E-state index is 12.4. The Morgan fingerprint density at radius 2 is 1.83 bits per heavy atom. The largest absolute Gasteiger partial charge is 0.466 e. The number of amides is 1. The summed E-state index contributed by atoms with van der Waals surface area (Å²) in [5, 5.41) is 0. The molecule has 0 N–H and O–H groups in total. The van der Waals surface area contributed by atoms with Crippen LogP contribution in [0.3, 0.4) is 0 Å². The molecule has 0 spiro atoms. The average Bonchev–Trinajstić information content (AvgIpc) is 2.60. The Morgan fingerprint density at radius 1 is 1.08 bits per heavy atom. The van der Waals surface area contributed by atoms with E-state index in [9.17, 15) is 9.59 Å². The molecule has 132 valence electrons. The van der Waals surface area contributed by atoms with E-state index in [0.717, 1.165) is 12.0 Å². The second-order valence-electron chi connectivity index (χ2n) is 5.17. The van der Waals surface area contributed by atoms with Crippen LogP contribution in [0.4, 0.5) is 0 Å². The molecular formula is C19H27NO4. The number of hydrogen-bond acceptors (Lipinski definition) is 4. The van der Waals surface area contributed by atoms with E-state index in [0.29, 0.717) is 32.9 Å². The van der Waals surface area contributed by atoms with Crippen molar-refractivity contribution >= 4 is 18.0 Å². The Bertz CT molecular complexity index is 513. The topological polar surface area (TPSA) is 55.8 Å². The predicted molar refractivity (Wildman–Crippen MR) is 94.4 cm³/mol. The fourth-order valence-corrected chi connectivity index (χ4v) is 2.13. The van der Waals surface area contributed by atoms with Crippen LogP contribution >= 0.6 is 0 Å². The van der Waals surface area contributed by atoms with Crippen molar-refractivity contribution in [2.75, 3.05) is 32.9 Å². The van der Waals surface area contributed by atoms with E-state index in [4.69, 9.17) is 9.47 Å². The van der Waals surface area contributed by atoms with Crippen LogP contribution in [-0.2, 0) is 19.1 Å². The first-order valence-corrected chi connectivity index (χ1v) is 8.42. The first-order chi connectivity index (χ1) is 11.7. The number of carbonyl (C=O) groups is 2. The van der Waals surface area contributed by atoms with E-state index in [-0.39, 0.29) is 18.3 Å². The standard InChI is InChI=1S/C19H27NO4/c1-3-23-16-8-14-20(15-13-19(22)24-4-2)18(21)12-11-17-9-6-5-7-10-17/h5-7,9-12H,3-4,8,13-16H2,1-2H3/b12-11+. The summed E-state index contributed by atoms with van der Waals surface area (Å²) in [5.41, 5.74) is 0.963. The Kier molecular flexibility index (Phi) is 10.2. The molecule has 0 radical (unpaired) electrons. The van der Waals surface area contributed by atoms with E-state index < -0.39 is 0 Å². The number of rotatable bonds is 11. The average molecular weight is 333 g/mol. The summed E-state index contributed by atoms with van der Waals surface area (Å²) < 4.78 is 10.2. The van der Waals surface area contributed by atoms with Gasteiger partial charge >= 0.3 is 5.97 Å². The van der Waals surface area contributed by atoms with Gasteiger partial charge in [0, 0.05) is 32.4 Å². The highest BCUT2D eigenvalue weighted by Gasteiger charge is 2.13. The van der Waals surface area contributed by atoms with E-state index >= 15 is 0 Å². The van der Waals surface area contributed by atoms with Crippen LogP contribution in [0.25, 0.3) is 6.08 Å². The number of nitrogens with zero attached hydrogens (tertiary/aromatic N) is 1. The van der Waals surface area contributed by atoms with Gasteiger partial charge in [0.1, 0.15) is 0 Å². The minimum Gasteiger partial charge on any atom is -0.466 e. The quantitative estimate of drug-likeness (QED) is 0.355. The molecule has 0 fully saturated rings. The molecule has 0 aliphatic rings. The second kappa shape index (κ2) is 12.3. The summed E-state index contributed by atoms with van der Waals surface area (Å²) in [6.45, 7) is 6.22. The van der Waals surface area contributed by atoms with Crippen LogP contribution in [0.2, 0.25) is 0 Å². The molecule has 0 aliphatic heterocycles. The third-order valence-corrected chi connectivity index (χ3v) is 3.34. The molecule has 0 saturated heterocycles. The monoisotopic (exact) mass is 333 g/mol. The number of carbonyl (C=O) groups excluding carboxylic acids is 2. The molecule has 0 unspecified atom stereocenters. The smallest absolute Gasteiger partial charge is 0.307 e. The summed E-state index contributed by atoms with van der Waals surface area (Å²) in [5.74, 6) is -0.396. The molecule has 0 atom stereocenters. The van der Waals surface area contributed by atoms with Crippen molar-refractivity contribution < 1.29 is 19.1 Å². The molecule has 1 aromatic rings. The van der Waals surface area contributed by atoms with Crippen LogP contribution in [0.1, 0.15) is 32.3 Å². The van der Waals surface area contributed by atoms with E-state index in [1.807, 2.05) is 37.3 Å². The third kappa shape index (κ3) is 8.48. The molecule has 1 aromatic carbocycles. The summed E-state index contributed by atoms with van der Waals surface area (Å²) in [6, 6.07) is 9.64. The van der Waals surface area contributed by atoms with Crippen molar-refractivity contribution in [2.24, 2.45) is 0 Å². The maximum atomic E-state index is 12.4. The van der Waals surface area contributed by atoms with Crippen molar-refractivity contribution in [2.45, 2.75) is 26.7 Å². The zero-order chi connectivity index (χ0) is 17.6. The van der Waals surface area contributed by atoms with Crippen molar-refractivity contribution in [3.63, 3.8) is 0 Å². The molecule has 0 heterocycles. The summed E-state index contributed by atoms with van der Waals surface area (Å²) >= 11 is 0. The predicted octanol–water partition coefficient (Wildman–Crippen LogP) is 2.91. The van der Waals surface area contributed by atoms with Gasteiger partial charge < -0.3 is 14.4 Å². The molecule has 5 heteroatoms. The minimum absolute atomic E-state index is 0.111. The molecule has 5 nitrogen and oxygen atoms in total. The van der Waals surface area contributed by atoms with Crippen LogP contribution < -0.4 is 0 Å². The SMILES string of the molecule is CCOCCCN(CCC(=O)OCC)C(=O)/C=C/c1ccccc1. The van der Waals surface area contributed by atoms with Crippen molar-refractivity contribution in [3.8, 4) is 0 Å². The maximum Gasteiger partial charge on any atom is 0.307 e. The molecule has 0 aliphatic carbocycles. The lowest BCUT2D eigenvalue weighted by atomic mass is 10.2. The van der Waals surface area contributed by atoms with Gasteiger partial charge in [0.2, 0.25) is 5.91 Å². The number of ether oxygens (including phenoxy) is 2. The first-order valence-electron chi connectivity index (χ1n) is 8.42. The van der Waals surface area contributed by atoms with Gasteiger partial charge in [-0.25, -0.2) is 0 Å². The summed E-state index contributed by atoms with van der Waals surface area (Å²) in [4.78, 5) is 25.6. The summed E-state index contributed by atoms with van der Waals surface area (Å²) in [7, 11) is 0. The zero-order valence-corrected chi connectivity index (χ0v) is 14.6. The Morgan fingerprint density at radius 3 is 2.50 bits per heavy atom. The molecule has 0 saturated carbocycles. The molecule has 0 bridgehead atoms. The fourth-order valence-electron chi connectivity index (χ4n) is 2.13. The van der Waals surface area contributed by atoms with Gasteiger partial charge in [0.05, 0.1) is 13.0 Å². The Labute approximate surface area is 144 Å². The molecular weight excluding hydrogens is 306 g/mol. The lowest BCUT2D eigenvalue weighted by molar-refractivity contribution is -0.143. The lowest BCUT2D eigenvalue weighted by Gasteiger charge is -2.20. The highest BCUT2D eigenvalue weighted by molar-refractivity contribution is 5.92. The Balaban J connectivity index is 2.58. The molecule has 1 rings (SSSR count).